The molecule has 0 aromatic rings. The summed E-state index contributed by atoms with van der Waals surface area (Å²) < 4.78 is 26.6. The van der Waals surface area contributed by atoms with Gasteiger partial charge >= 0.3 is 0 Å². The zero-order chi connectivity index (χ0) is 14.7. The number of piperidine rings is 2. The fraction of sp³-hybridized carbons (Fsp3) is 1.00. The van der Waals surface area contributed by atoms with Crippen molar-refractivity contribution in [1.82, 2.24) is 19.5 Å². The Morgan fingerprint density at radius 1 is 0.952 bits per heavy atom. The van der Waals surface area contributed by atoms with Gasteiger partial charge in [0, 0.05) is 32.2 Å². The summed E-state index contributed by atoms with van der Waals surface area (Å²) in [4.78, 5) is 2.77. The molecule has 3 rings (SSSR count). The van der Waals surface area contributed by atoms with Gasteiger partial charge in [0.15, 0.2) is 0 Å². The Morgan fingerprint density at radius 2 is 1.71 bits per heavy atom. The third-order valence-electron chi connectivity index (χ3n) is 4.69. The second-order valence-electron chi connectivity index (χ2n) is 6.69. The van der Waals surface area contributed by atoms with Crippen molar-refractivity contribution in [2.75, 3.05) is 32.7 Å². The normalized spacial score (nSPS) is 29.6. The number of nitrogens with zero attached hydrogens (tertiary/aromatic N) is 2. The van der Waals surface area contributed by atoms with Gasteiger partial charge in [-0.15, -0.1) is 4.83 Å². The molecule has 2 aliphatic heterocycles. The van der Waals surface area contributed by atoms with Gasteiger partial charge in [0.05, 0.1) is 0 Å². The molecule has 0 aromatic heterocycles. The van der Waals surface area contributed by atoms with Crippen molar-refractivity contribution < 1.29 is 8.42 Å². The first kappa shape index (κ1) is 15.7. The van der Waals surface area contributed by atoms with Crippen molar-refractivity contribution in [3.05, 3.63) is 0 Å². The van der Waals surface area contributed by atoms with E-state index in [-0.39, 0.29) is 0 Å². The average Bonchev–Trinajstić information content (AvgIpc) is 3.30. The minimum atomic E-state index is -3.36. The van der Waals surface area contributed by atoms with Gasteiger partial charge in [-0.05, 0) is 51.0 Å². The van der Waals surface area contributed by atoms with E-state index >= 15 is 0 Å². The summed E-state index contributed by atoms with van der Waals surface area (Å²) in [7, 11) is -3.36. The first-order chi connectivity index (χ1) is 10.1. The van der Waals surface area contributed by atoms with Gasteiger partial charge in [0.1, 0.15) is 0 Å². The van der Waals surface area contributed by atoms with Crippen molar-refractivity contribution in [3.63, 3.8) is 0 Å². The molecule has 1 unspecified atom stereocenters. The van der Waals surface area contributed by atoms with Gasteiger partial charge in [-0.1, -0.05) is 6.42 Å². The third kappa shape index (κ3) is 4.63. The molecule has 0 spiro atoms. The predicted molar refractivity (Wildman–Crippen MR) is 82.8 cm³/mol. The molecule has 7 heteroatoms. The minimum Gasteiger partial charge on any atom is -0.314 e. The summed E-state index contributed by atoms with van der Waals surface area (Å²) in [6, 6.07) is 0.698. The van der Waals surface area contributed by atoms with E-state index < -0.39 is 10.2 Å². The van der Waals surface area contributed by atoms with Crippen LogP contribution in [-0.4, -0.2) is 56.5 Å². The smallest absolute Gasteiger partial charge is 0.292 e. The highest BCUT2D eigenvalue weighted by molar-refractivity contribution is 7.87. The van der Waals surface area contributed by atoms with Crippen LogP contribution in [0, 0.1) is 5.92 Å². The van der Waals surface area contributed by atoms with Crippen molar-refractivity contribution >= 4 is 10.2 Å². The number of hydrazine groups is 1. The molecule has 122 valence electrons. The van der Waals surface area contributed by atoms with E-state index in [0.29, 0.717) is 25.0 Å². The minimum absolute atomic E-state index is 0.456. The highest BCUT2D eigenvalue weighted by Crippen LogP contribution is 2.22. The molecular weight excluding hydrogens is 288 g/mol. The fourth-order valence-electron chi connectivity index (χ4n) is 3.24. The fourth-order valence-corrected chi connectivity index (χ4v) is 4.64. The second-order valence-corrected chi connectivity index (χ2v) is 8.34. The summed E-state index contributed by atoms with van der Waals surface area (Å²) in [6.07, 6.45) is 8.04. The molecule has 6 nitrogen and oxygen atoms in total. The van der Waals surface area contributed by atoms with E-state index in [1.165, 1.54) is 19.3 Å². The average molecular weight is 316 g/mol. The molecule has 0 radical (unpaired) electrons. The molecule has 0 aromatic carbocycles. The maximum Gasteiger partial charge on any atom is 0.292 e. The van der Waals surface area contributed by atoms with Gasteiger partial charge in [0.25, 0.3) is 10.2 Å². The van der Waals surface area contributed by atoms with Gasteiger partial charge in [-0.3, -0.25) is 0 Å². The maximum atomic E-state index is 12.5. The molecule has 1 aliphatic carbocycles. The summed E-state index contributed by atoms with van der Waals surface area (Å²) in [5.74, 6) is 0.456. The Bertz CT molecular complexity index is 432. The lowest BCUT2D eigenvalue weighted by atomic mass is 10.00. The molecule has 2 heterocycles. The molecular formula is C14H28N4O2S. The summed E-state index contributed by atoms with van der Waals surface area (Å²) in [5.41, 5.74) is 0. The second kappa shape index (κ2) is 6.91. The van der Waals surface area contributed by atoms with Crippen LogP contribution in [0.1, 0.15) is 44.9 Å². The Labute approximate surface area is 128 Å². The van der Waals surface area contributed by atoms with E-state index in [1.807, 2.05) is 5.01 Å². The molecule has 21 heavy (non-hydrogen) atoms. The lowest BCUT2D eigenvalue weighted by Crippen LogP contribution is -2.53. The zero-order valence-corrected chi connectivity index (χ0v) is 13.6. The van der Waals surface area contributed by atoms with Gasteiger partial charge in [0.2, 0.25) is 0 Å². The van der Waals surface area contributed by atoms with E-state index in [4.69, 9.17) is 0 Å². The summed E-state index contributed by atoms with van der Waals surface area (Å²) >= 11 is 0. The van der Waals surface area contributed by atoms with E-state index in [0.717, 1.165) is 45.3 Å². The monoisotopic (exact) mass is 316 g/mol. The lowest BCUT2D eigenvalue weighted by Gasteiger charge is -2.35. The van der Waals surface area contributed by atoms with Crippen LogP contribution in [0.4, 0.5) is 0 Å². The van der Waals surface area contributed by atoms with Crippen LogP contribution >= 0.6 is 0 Å². The zero-order valence-electron chi connectivity index (χ0n) is 12.8. The van der Waals surface area contributed by atoms with Crippen LogP contribution in [0.15, 0.2) is 0 Å². The van der Waals surface area contributed by atoms with Crippen LogP contribution < -0.4 is 10.1 Å². The van der Waals surface area contributed by atoms with Crippen molar-refractivity contribution in [2.24, 2.45) is 5.92 Å². The molecule has 0 amide bonds. The van der Waals surface area contributed by atoms with Crippen LogP contribution in [0.2, 0.25) is 0 Å². The molecule has 3 aliphatic rings. The number of nitrogens with one attached hydrogen (secondary N) is 2. The van der Waals surface area contributed by atoms with E-state index in [1.54, 1.807) is 4.31 Å². The van der Waals surface area contributed by atoms with Crippen molar-refractivity contribution in [2.45, 2.75) is 51.0 Å². The molecule has 1 saturated carbocycles. The predicted octanol–water partition coefficient (Wildman–Crippen LogP) is 0.686. The van der Waals surface area contributed by atoms with Gasteiger partial charge < -0.3 is 5.32 Å². The topological polar surface area (TPSA) is 64.7 Å². The lowest BCUT2D eigenvalue weighted by molar-refractivity contribution is 0.185. The number of hydrogen-bond donors (Lipinski definition) is 2. The van der Waals surface area contributed by atoms with Crippen LogP contribution in [0.25, 0.3) is 0 Å². The van der Waals surface area contributed by atoms with Gasteiger partial charge in [-0.2, -0.15) is 12.7 Å². The summed E-state index contributed by atoms with van der Waals surface area (Å²) in [5, 5.41) is 5.39. The molecule has 0 bridgehead atoms. The Hall–Kier alpha value is -0.210. The van der Waals surface area contributed by atoms with Gasteiger partial charge in [-0.25, -0.2) is 5.01 Å². The number of rotatable bonds is 6. The maximum absolute atomic E-state index is 12.5. The standard InChI is InChI=1S/C14H28N4O2S/c19-21(20,16-17-8-2-1-3-9-17)18-10-4-5-13(12-18)11-15-14-6-7-14/h13-16H,1-12H2. The van der Waals surface area contributed by atoms with Crippen LogP contribution in [0.3, 0.4) is 0 Å². The van der Waals surface area contributed by atoms with Crippen LogP contribution in [-0.2, 0) is 10.2 Å². The highest BCUT2D eigenvalue weighted by Gasteiger charge is 2.31. The van der Waals surface area contributed by atoms with Crippen molar-refractivity contribution in [3.8, 4) is 0 Å². The Balaban J connectivity index is 1.50. The van der Waals surface area contributed by atoms with Crippen LogP contribution in [0.5, 0.6) is 0 Å². The first-order valence-corrected chi connectivity index (χ1v) is 9.83. The Morgan fingerprint density at radius 3 is 2.43 bits per heavy atom. The number of hydrogen-bond acceptors (Lipinski definition) is 4. The molecule has 2 N–H and O–H groups in total. The largest absolute Gasteiger partial charge is 0.314 e. The molecule has 1 atom stereocenters. The summed E-state index contributed by atoms with van der Waals surface area (Å²) in [6.45, 7) is 3.94. The molecule has 3 fully saturated rings. The van der Waals surface area contributed by atoms with E-state index in [2.05, 4.69) is 10.1 Å². The van der Waals surface area contributed by atoms with E-state index in [9.17, 15) is 8.42 Å². The highest BCUT2D eigenvalue weighted by atomic mass is 32.2. The SMILES string of the molecule is O=S(=O)(NN1CCCCC1)N1CCCC(CNC2CC2)C1. The first-order valence-electron chi connectivity index (χ1n) is 8.39. The Kier molecular flexibility index (Phi) is 5.16. The quantitative estimate of drug-likeness (QED) is 0.756. The molecule has 2 saturated heterocycles. The third-order valence-corrected chi connectivity index (χ3v) is 6.20. The van der Waals surface area contributed by atoms with Crippen molar-refractivity contribution in [1.29, 1.82) is 0 Å².